The largest absolute Gasteiger partial charge is 0.497 e. The minimum absolute atomic E-state index is 0.00528. The van der Waals surface area contributed by atoms with Crippen LogP contribution in [0.2, 0.25) is 0 Å². The molecule has 0 bridgehead atoms. The van der Waals surface area contributed by atoms with Crippen LogP contribution in [0, 0.1) is 11.7 Å². The Morgan fingerprint density at radius 1 is 1.10 bits per heavy atom. The first-order chi connectivity index (χ1) is 14.3. The average molecular weight is 436 g/mol. The van der Waals surface area contributed by atoms with Crippen LogP contribution in [0.25, 0.3) is 0 Å². The topological polar surface area (TPSA) is 102 Å². The summed E-state index contributed by atoms with van der Waals surface area (Å²) in [7, 11) is -1.43. The van der Waals surface area contributed by atoms with E-state index in [0.717, 1.165) is 0 Å². The van der Waals surface area contributed by atoms with Gasteiger partial charge in [0.1, 0.15) is 23.9 Å². The fourth-order valence-corrected chi connectivity index (χ4v) is 4.61. The predicted octanol–water partition coefficient (Wildman–Crippen LogP) is 1.35. The van der Waals surface area contributed by atoms with Crippen molar-refractivity contribution >= 4 is 21.8 Å². The highest BCUT2D eigenvalue weighted by molar-refractivity contribution is 7.89. The van der Waals surface area contributed by atoms with E-state index in [9.17, 15) is 22.4 Å². The molecule has 1 N–H and O–H groups in total. The van der Waals surface area contributed by atoms with Gasteiger partial charge in [-0.3, -0.25) is 9.59 Å². The van der Waals surface area contributed by atoms with E-state index >= 15 is 0 Å². The van der Waals surface area contributed by atoms with Crippen LogP contribution < -0.4 is 14.8 Å². The number of rotatable bonds is 6. The molecule has 0 aromatic heterocycles. The summed E-state index contributed by atoms with van der Waals surface area (Å²) in [5.74, 6) is -1.97. The van der Waals surface area contributed by atoms with Gasteiger partial charge in [0.05, 0.1) is 25.0 Å². The van der Waals surface area contributed by atoms with Crippen LogP contribution in [0.1, 0.15) is 5.56 Å². The Balaban J connectivity index is 1.94. The summed E-state index contributed by atoms with van der Waals surface area (Å²) in [6, 6.07) is 9.37. The van der Waals surface area contributed by atoms with Gasteiger partial charge in [0.2, 0.25) is 11.8 Å². The number of halogens is 1. The van der Waals surface area contributed by atoms with E-state index in [-0.39, 0.29) is 17.9 Å². The number of sulfonamides is 1. The van der Waals surface area contributed by atoms with E-state index in [1.54, 1.807) is 0 Å². The van der Waals surface area contributed by atoms with Gasteiger partial charge >= 0.3 is 0 Å². The Bertz CT molecular complexity index is 1060. The fraction of sp³-hybridized carbons (Fsp3) is 0.300. The quantitative estimate of drug-likeness (QED) is 0.734. The summed E-state index contributed by atoms with van der Waals surface area (Å²) >= 11 is 0. The van der Waals surface area contributed by atoms with Gasteiger partial charge < -0.3 is 14.8 Å². The minimum atomic E-state index is -4.28. The number of carbonyl (C=O) groups excluding carboxylic acids is 2. The number of nitrogens with one attached hydrogen (secondary N) is 1. The van der Waals surface area contributed by atoms with E-state index in [1.165, 1.54) is 56.7 Å². The Kier molecular flexibility index (Phi) is 6.25. The number of methoxy groups -OCH3 is 2. The second-order valence-electron chi connectivity index (χ2n) is 6.69. The zero-order valence-electron chi connectivity index (χ0n) is 16.4. The number of nitrogens with zero attached hydrogens (tertiary/aromatic N) is 1. The maximum atomic E-state index is 13.7. The molecule has 30 heavy (non-hydrogen) atoms. The van der Waals surface area contributed by atoms with Gasteiger partial charge in [-0.1, -0.05) is 0 Å². The fourth-order valence-electron chi connectivity index (χ4n) is 3.20. The molecule has 1 atom stereocenters. The third-order valence-corrected chi connectivity index (χ3v) is 6.54. The first kappa shape index (κ1) is 21.6. The maximum Gasteiger partial charge on any atom is 0.266 e. The molecule has 2 aromatic rings. The Morgan fingerprint density at radius 3 is 2.43 bits per heavy atom. The molecule has 1 saturated heterocycles. The van der Waals surface area contributed by atoms with Crippen LogP contribution in [0.15, 0.2) is 47.4 Å². The number of hydrogen-bond donors (Lipinski definition) is 1. The van der Waals surface area contributed by atoms with Crippen molar-refractivity contribution in [2.45, 2.75) is 11.3 Å². The van der Waals surface area contributed by atoms with Crippen LogP contribution in [0.4, 0.5) is 4.39 Å². The summed E-state index contributed by atoms with van der Waals surface area (Å²) in [5, 5.41) is 2.55. The molecule has 0 spiro atoms. The Hall–Kier alpha value is -3.14. The zero-order valence-corrected chi connectivity index (χ0v) is 17.2. The van der Waals surface area contributed by atoms with Crippen molar-refractivity contribution < 1.29 is 31.9 Å². The van der Waals surface area contributed by atoms with E-state index in [1.807, 2.05) is 0 Å². The van der Waals surface area contributed by atoms with Crippen molar-refractivity contribution in [3.8, 4) is 11.5 Å². The number of amides is 2. The van der Waals surface area contributed by atoms with Crippen LogP contribution >= 0.6 is 0 Å². The third kappa shape index (κ3) is 4.38. The Labute approximate surface area is 173 Å². The zero-order chi connectivity index (χ0) is 21.9. The van der Waals surface area contributed by atoms with Crippen LogP contribution in [0.3, 0.4) is 0 Å². The van der Waals surface area contributed by atoms with Crippen LogP contribution in [-0.4, -0.2) is 51.8 Å². The number of benzene rings is 2. The molecule has 1 unspecified atom stereocenters. The lowest BCUT2D eigenvalue weighted by atomic mass is 9.97. The maximum absolute atomic E-state index is 13.7. The first-order valence-electron chi connectivity index (χ1n) is 9.06. The molecule has 2 aromatic carbocycles. The molecular formula is C20H21FN2O6S. The van der Waals surface area contributed by atoms with Gasteiger partial charge in [-0.05, 0) is 54.4 Å². The van der Waals surface area contributed by atoms with Gasteiger partial charge in [0.25, 0.3) is 10.0 Å². The number of ether oxygens (including phenoxy) is 2. The van der Waals surface area contributed by atoms with Gasteiger partial charge in [0, 0.05) is 6.54 Å². The molecule has 1 aliphatic rings. The van der Waals surface area contributed by atoms with Gasteiger partial charge in [-0.25, -0.2) is 17.1 Å². The third-order valence-electron chi connectivity index (χ3n) is 4.78. The summed E-state index contributed by atoms with van der Waals surface area (Å²) in [4.78, 5) is 25.1. The smallest absolute Gasteiger partial charge is 0.266 e. The second-order valence-corrected chi connectivity index (χ2v) is 8.55. The van der Waals surface area contributed by atoms with E-state index in [4.69, 9.17) is 9.47 Å². The number of hydrogen-bond acceptors (Lipinski definition) is 6. The molecule has 0 aliphatic carbocycles. The van der Waals surface area contributed by atoms with Gasteiger partial charge in [0.15, 0.2) is 0 Å². The lowest BCUT2D eigenvalue weighted by Crippen LogP contribution is -2.42. The monoisotopic (exact) mass is 436 g/mol. The van der Waals surface area contributed by atoms with Gasteiger partial charge in [-0.15, -0.1) is 0 Å². The highest BCUT2D eigenvalue weighted by Crippen LogP contribution is 2.26. The molecule has 10 heteroatoms. The van der Waals surface area contributed by atoms with Crippen LogP contribution in [0.5, 0.6) is 11.5 Å². The van der Waals surface area contributed by atoms with Crippen molar-refractivity contribution in [1.82, 2.24) is 9.62 Å². The molecule has 0 saturated carbocycles. The van der Waals surface area contributed by atoms with Crippen molar-refractivity contribution in [3.63, 3.8) is 0 Å². The number of carbonyl (C=O) groups is 2. The molecule has 0 radical (unpaired) electrons. The molecule has 1 fully saturated rings. The summed E-state index contributed by atoms with van der Waals surface area (Å²) in [6.45, 7) is -0.712. The Morgan fingerprint density at radius 2 is 1.80 bits per heavy atom. The predicted molar refractivity (Wildman–Crippen MR) is 105 cm³/mol. The van der Waals surface area contributed by atoms with E-state index < -0.39 is 40.1 Å². The van der Waals surface area contributed by atoms with Crippen LogP contribution in [-0.2, 0) is 26.0 Å². The molecule has 160 valence electrons. The highest BCUT2D eigenvalue weighted by atomic mass is 32.2. The lowest BCUT2D eigenvalue weighted by Gasteiger charge is -2.23. The standard InChI is InChI=1S/C20H21FN2O6S/c1-28-16-4-6-17(7-5-16)30(26,27)23-12-19(24)22-11-14(20(23)25)9-13-10-15(21)3-8-18(13)29-2/h3-8,10,14H,9,11-12H2,1-2H3,(H,22,24). The highest BCUT2D eigenvalue weighted by Gasteiger charge is 2.38. The molecule has 8 nitrogen and oxygen atoms in total. The molecular weight excluding hydrogens is 415 g/mol. The van der Waals surface area contributed by atoms with Crippen molar-refractivity contribution in [2.24, 2.45) is 5.92 Å². The summed E-state index contributed by atoms with van der Waals surface area (Å²) < 4.78 is 50.6. The molecule has 1 aliphatic heterocycles. The normalized spacial score (nSPS) is 17.3. The van der Waals surface area contributed by atoms with E-state index in [0.29, 0.717) is 21.4 Å². The van der Waals surface area contributed by atoms with Crippen molar-refractivity contribution in [1.29, 1.82) is 0 Å². The minimum Gasteiger partial charge on any atom is -0.497 e. The van der Waals surface area contributed by atoms with Gasteiger partial charge in [-0.2, -0.15) is 0 Å². The SMILES string of the molecule is COc1ccc(S(=O)(=O)N2CC(=O)NCC(Cc3cc(F)ccc3OC)C2=O)cc1. The first-order valence-corrected chi connectivity index (χ1v) is 10.5. The van der Waals surface area contributed by atoms with Crippen molar-refractivity contribution in [3.05, 3.63) is 53.8 Å². The summed E-state index contributed by atoms with van der Waals surface area (Å²) in [6.07, 6.45) is -0.00528. The summed E-state index contributed by atoms with van der Waals surface area (Å²) in [5.41, 5.74) is 0.397. The molecule has 3 rings (SSSR count). The van der Waals surface area contributed by atoms with E-state index in [2.05, 4.69) is 5.32 Å². The van der Waals surface area contributed by atoms with Crippen molar-refractivity contribution in [2.75, 3.05) is 27.3 Å². The second kappa shape index (κ2) is 8.70. The molecule has 1 heterocycles. The lowest BCUT2D eigenvalue weighted by molar-refractivity contribution is -0.131. The molecule has 2 amide bonds. The average Bonchev–Trinajstić information content (AvgIpc) is 2.88.